The molecule has 0 unspecified atom stereocenters. The fraction of sp³-hybridized carbons (Fsp3) is 0.0667. The maximum Gasteiger partial charge on any atom is 0.326 e. The lowest BCUT2D eigenvalue weighted by Crippen LogP contribution is -2.32. The summed E-state index contributed by atoms with van der Waals surface area (Å²) < 4.78 is 26.3. The average Bonchev–Trinajstić information content (AvgIpc) is 2.49. The van der Waals surface area contributed by atoms with E-state index in [4.69, 9.17) is 5.26 Å². The number of hydrogen-bond acceptors (Lipinski definition) is 2. The molecule has 106 valence electrons. The predicted molar refractivity (Wildman–Crippen MR) is 74.9 cm³/mol. The molecule has 0 bridgehead atoms. The van der Waals surface area contributed by atoms with Gasteiger partial charge in [0.05, 0.1) is 16.9 Å². The van der Waals surface area contributed by atoms with E-state index in [1.54, 1.807) is 24.3 Å². The van der Waals surface area contributed by atoms with Crippen molar-refractivity contribution in [2.75, 3.05) is 17.3 Å². The summed E-state index contributed by atoms with van der Waals surface area (Å²) in [7, 11) is 1.45. The number of nitrogens with zero attached hydrogens (tertiary/aromatic N) is 2. The molecule has 2 aromatic rings. The molecule has 0 heterocycles. The van der Waals surface area contributed by atoms with Crippen LogP contribution < -0.4 is 10.2 Å². The smallest absolute Gasteiger partial charge is 0.305 e. The minimum absolute atomic E-state index is 0.136. The molecule has 2 aromatic carbocycles. The second-order valence-corrected chi connectivity index (χ2v) is 4.24. The molecular weight excluding hydrogens is 276 g/mol. The van der Waals surface area contributed by atoms with Gasteiger partial charge in [0.2, 0.25) is 0 Å². The maximum atomic E-state index is 13.5. The Morgan fingerprint density at radius 1 is 1.24 bits per heavy atom. The molecule has 0 spiro atoms. The van der Waals surface area contributed by atoms with Gasteiger partial charge in [-0.3, -0.25) is 4.90 Å². The molecule has 2 amide bonds. The van der Waals surface area contributed by atoms with Crippen LogP contribution in [0.2, 0.25) is 0 Å². The van der Waals surface area contributed by atoms with Crippen LogP contribution in [0.5, 0.6) is 0 Å². The Morgan fingerprint density at radius 2 is 1.95 bits per heavy atom. The molecule has 2 rings (SSSR count). The first-order valence-electron chi connectivity index (χ1n) is 6.02. The van der Waals surface area contributed by atoms with Crippen molar-refractivity contribution in [3.8, 4) is 6.07 Å². The van der Waals surface area contributed by atoms with Crippen molar-refractivity contribution in [1.82, 2.24) is 0 Å². The molecule has 1 N–H and O–H groups in total. The highest BCUT2D eigenvalue weighted by atomic mass is 19.1. The molecule has 0 atom stereocenters. The van der Waals surface area contributed by atoms with Crippen LogP contribution >= 0.6 is 0 Å². The van der Waals surface area contributed by atoms with Crippen molar-refractivity contribution in [3.05, 3.63) is 59.7 Å². The number of hydrogen-bond donors (Lipinski definition) is 1. The van der Waals surface area contributed by atoms with Crippen LogP contribution in [0, 0.1) is 23.0 Å². The zero-order chi connectivity index (χ0) is 15.4. The van der Waals surface area contributed by atoms with Crippen molar-refractivity contribution < 1.29 is 13.6 Å². The summed E-state index contributed by atoms with van der Waals surface area (Å²) in [5, 5.41) is 11.3. The second kappa shape index (κ2) is 6.01. The first kappa shape index (κ1) is 14.5. The van der Waals surface area contributed by atoms with E-state index < -0.39 is 17.7 Å². The van der Waals surface area contributed by atoms with Gasteiger partial charge in [0, 0.05) is 13.1 Å². The van der Waals surface area contributed by atoms with E-state index in [1.807, 2.05) is 6.07 Å². The predicted octanol–water partition coefficient (Wildman–Crippen LogP) is 3.50. The number of nitrogens with one attached hydrogen (secondary N) is 1. The van der Waals surface area contributed by atoms with Crippen LogP contribution in [0.1, 0.15) is 5.56 Å². The molecule has 0 saturated heterocycles. The standard InChI is InChI=1S/C15H11F2N3O/c1-20(14-5-3-2-4-10(14)9-18)15(21)19-13-7-6-11(16)8-12(13)17/h2-8H,1H3,(H,19,21). The van der Waals surface area contributed by atoms with Crippen LogP contribution in [-0.4, -0.2) is 13.1 Å². The van der Waals surface area contributed by atoms with Crippen molar-refractivity contribution in [3.63, 3.8) is 0 Å². The van der Waals surface area contributed by atoms with Crippen LogP contribution in [-0.2, 0) is 0 Å². The first-order chi connectivity index (χ1) is 10.0. The second-order valence-electron chi connectivity index (χ2n) is 4.24. The third kappa shape index (κ3) is 3.15. The molecule has 4 nitrogen and oxygen atoms in total. The lowest BCUT2D eigenvalue weighted by molar-refractivity contribution is 0.258. The summed E-state index contributed by atoms with van der Waals surface area (Å²) in [5.74, 6) is -1.60. The molecular formula is C15H11F2N3O. The van der Waals surface area contributed by atoms with Crippen molar-refractivity contribution in [2.45, 2.75) is 0 Å². The van der Waals surface area contributed by atoms with E-state index in [1.165, 1.54) is 11.9 Å². The van der Waals surface area contributed by atoms with Crippen LogP contribution in [0.25, 0.3) is 0 Å². The van der Waals surface area contributed by atoms with E-state index in [0.717, 1.165) is 12.1 Å². The van der Waals surface area contributed by atoms with Gasteiger partial charge < -0.3 is 5.32 Å². The lowest BCUT2D eigenvalue weighted by Gasteiger charge is -2.19. The quantitative estimate of drug-likeness (QED) is 0.919. The number of rotatable bonds is 2. The van der Waals surface area contributed by atoms with Gasteiger partial charge in [-0.2, -0.15) is 5.26 Å². The highest BCUT2D eigenvalue weighted by molar-refractivity contribution is 6.02. The Morgan fingerprint density at radius 3 is 2.62 bits per heavy atom. The zero-order valence-corrected chi connectivity index (χ0v) is 11.1. The molecule has 0 aromatic heterocycles. The number of carbonyl (C=O) groups excluding carboxylic acids is 1. The van der Waals surface area contributed by atoms with Gasteiger partial charge >= 0.3 is 6.03 Å². The Bertz CT molecular complexity index is 725. The summed E-state index contributed by atoms with van der Waals surface area (Å²) in [4.78, 5) is 13.2. The summed E-state index contributed by atoms with van der Waals surface area (Å²) in [5.41, 5.74) is 0.567. The van der Waals surface area contributed by atoms with E-state index >= 15 is 0 Å². The minimum atomic E-state index is -0.870. The fourth-order valence-corrected chi connectivity index (χ4v) is 1.76. The third-order valence-corrected chi connectivity index (χ3v) is 2.86. The minimum Gasteiger partial charge on any atom is -0.305 e. The first-order valence-corrected chi connectivity index (χ1v) is 6.02. The molecule has 0 aliphatic rings. The molecule has 21 heavy (non-hydrogen) atoms. The summed E-state index contributed by atoms with van der Waals surface area (Å²) in [6.07, 6.45) is 0. The van der Waals surface area contributed by atoms with Crippen molar-refractivity contribution in [1.29, 1.82) is 5.26 Å². The number of benzene rings is 2. The maximum absolute atomic E-state index is 13.5. The molecule has 6 heteroatoms. The van der Waals surface area contributed by atoms with Gasteiger partial charge in [-0.05, 0) is 24.3 Å². The summed E-state index contributed by atoms with van der Waals surface area (Å²) >= 11 is 0. The van der Waals surface area contributed by atoms with Gasteiger partial charge in [0.15, 0.2) is 0 Å². The molecule has 0 radical (unpaired) electrons. The highest BCUT2D eigenvalue weighted by Crippen LogP contribution is 2.20. The average molecular weight is 287 g/mol. The number of para-hydroxylation sites is 1. The van der Waals surface area contributed by atoms with Gasteiger partial charge in [-0.25, -0.2) is 13.6 Å². The van der Waals surface area contributed by atoms with Crippen LogP contribution in [0.3, 0.4) is 0 Å². The van der Waals surface area contributed by atoms with Gasteiger partial charge in [-0.15, -0.1) is 0 Å². The Hall–Kier alpha value is -2.94. The van der Waals surface area contributed by atoms with Gasteiger partial charge in [0.25, 0.3) is 0 Å². The molecule has 0 aliphatic carbocycles. The summed E-state index contributed by atoms with van der Waals surface area (Å²) in [6.45, 7) is 0. The topological polar surface area (TPSA) is 56.1 Å². The number of urea groups is 1. The van der Waals surface area contributed by atoms with Gasteiger partial charge in [-0.1, -0.05) is 12.1 Å². The van der Waals surface area contributed by atoms with E-state index in [-0.39, 0.29) is 5.69 Å². The number of amides is 2. The third-order valence-electron chi connectivity index (χ3n) is 2.86. The SMILES string of the molecule is CN(C(=O)Nc1ccc(F)cc1F)c1ccccc1C#N. The molecule has 0 saturated carbocycles. The monoisotopic (exact) mass is 287 g/mol. The van der Waals surface area contributed by atoms with E-state index in [9.17, 15) is 13.6 Å². The largest absolute Gasteiger partial charge is 0.326 e. The number of nitriles is 1. The van der Waals surface area contributed by atoms with Crippen molar-refractivity contribution >= 4 is 17.4 Å². The van der Waals surface area contributed by atoms with E-state index in [0.29, 0.717) is 17.3 Å². The summed E-state index contributed by atoms with van der Waals surface area (Å²) in [6, 6.07) is 10.7. The van der Waals surface area contributed by atoms with Crippen LogP contribution in [0.4, 0.5) is 25.0 Å². The van der Waals surface area contributed by atoms with Crippen LogP contribution in [0.15, 0.2) is 42.5 Å². The van der Waals surface area contributed by atoms with Crippen molar-refractivity contribution in [2.24, 2.45) is 0 Å². The lowest BCUT2D eigenvalue weighted by atomic mass is 10.2. The molecule has 0 aliphatic heterocycles. The highest BCUT2D eigenvalue weighted by Gasteiger charge is 2.16. The normalized spacial score (nSPS) is 9.81. The van der Waals surface area contributed by atoms with E-state index in [2.05, 4.69) is 5.32 Å². The number of carbonyl (C=O) groups is 1. The Labute approximate surface area is 120 Å². The zero-order valence-electron chi connectivity index (χ0n) is 11.1. The number of anilines is 2. The fourth-order valence-electron chi connectivity index (χ4n) is 1.76. The van der Waals surface area contributed by atoms with Gasteiger partial charge in [0.1, 0.15) is 17.7 Å². The number of halogens is 2. The Balaban J connectivity index is 2.22. The molecule has 0 fully saturated rings. The Kier molecular flexibility index (Phi) is 4.14.